The van der Waals surface area contributed by atoms with Crippen LogP contribution in [-0.4, -0.2) is 56.4 Å². The minimum Gasteiger partial charge on any atom is -0.297 e. The van der Waals surface area contributed by atoms with Crippen molar-refractivity contribution < 1.29 is 8.42 Å². The van der Waals surface area contributed by atoms with Crippen LogP contribution in [0.15, 0.2) is 66.7 Å². The number of nitrogens with zero attached hydrogens (tertiary/aromatic N) is 2. The van der Waals surface area contributed by atoms with Crippen molar-refractivity contribution in [2.24, 2.45) is 5.92 Å². The molecule has 4 rings (SSSR count). The average molecular weight is 412 g/mol. The van der Waals surface area contributed by atoms with Crippen LogP contribution in [-0.2, 0) is 10.2 Å². The van der Waals surface area contributed by atoms with Gasteiger partial charge in [0.25, 0.3) is 10.2 Å². The topological polar surface area (TPSA) is 52.7 Å². The molecule has 0 spiro atoms. The molecule has 6 heteroatoms. The third-order valence-electron chi connectivity index (χ3n) is 5.99. The molecule has 1 heterocycles. The Kier molecular flexibility index (Phi) is 6.15. The van der Waals surface area contributed by atoms with E-state index in [1.165, 1.54) is 11.1 Å². The molecule has 1 aliphatic heterocycles. The Labute approximate surface area is 174 Å². The van der Waals surface area contributed by atoms with E-state index in [2.05, 4.69) is 53.0 Å². The average Bonchev–Trinajstić information content (AvgIpc) is 3.37. The lowest BCUT2D eigenvalue weighted by molar-refractivity contribution is 0.203. The van der Waals surface area contributed by atoms with Crippen LogP contribution in [0.3, 0.4) is 0 Å². The molecule has 0 amide bonds. The highest BCUT2D eigenvalue weighted by Crippen LogP contribution is 2.47. The molecular weight excluding hydrogens is 382 g/mol. The van der Waals surface area contributed by atoms with Crippen LogP contribution in [0.1, 0.15) is 24.0 Å². The molecule has 0 bridgehead atoms. The summed E-state index contributed by atoms with van der Waals surface area (Å²) in [6.07, 6.45) is 4.26. The number of piperazine rings is 1. The Morgan fingerprint density at radius 3 is 2.24 bits per heavy atom. The zero-order valence-corrected chi connectivity index (χ0v) is 17.6. The summed E-state index contributed by atoms with van der Waals surface area (Å²) < 4.78 is 30.2. The molecule has 1 saturated carbocycles. The molecule has 1 saturated heterocycles. The fourth-order valence-electron chi connectivity index (χ4n) is 4.13. The lowest BCUT2D eigenvalue weighted by Crippen LogP contribution is -2.52. The summed E-state index contributed by atoms with van der Waals surface area (Å²) in [5.41, 5.74) is 2.40. The van der Waals surface area contributed by atoms with E-state index < -0.39 is 10.2 Å². The predicted molar refractivity (Wildman–Crippen MR) is 118 cm³/mol. The maximum atomic E-state index is 12.8. The first-order valence-corrected chi connectivity index (χ1v) is 11.7. The van der Waals surface area contributed by atoms with Gasteiger partial charge >= 0.3 is 0 Å². The van der Waals surface area contributed by atoms with E-state index in [1.807, 2.05) is 36.4 Å². The molecule has 2 fully saturated rings. The van der Waals surface area contributed by atoms with E-state index in [0.717, 1.165) is 19.6 Å². The van der Waals surface area contributed by atoms with Crippen molar-refractivity contribution in [3.8, 4) is 0 Å². The fourth-order valence-corrected chi connectivity index (χ4v) is 5.63. The van der Waals surface area contributed by atoms with Crippen LogP contribution in [0.5, 0.6) is 0 Å². The molecule has 29 heavy (non-hydrogen) atoms. The summed E-state index contributed by atoms with van der Waals surface area (Å²) in [6, 6.07) is 20.4. The Bertz CT molecular complexity index is 923. The van der Waals surface area contributed by atoms with Gasteiger partial charge in [0.15, 0.2) is 0 Å². The molecular formula is C23H29N3O2S. The van der Waals surface area contributed by atoms with Crippen LogP contribution in [0, 0.1) is 5.92 Å². The Hall–Kier alpha value is -1.99. The molecule has 1 aliphatic carbocycles. The van der Waals surface area contributed by atoms with Gasteiger partial charge in [-0.05, 0) is 17.0 Å². The lowest BCUT2D eigenvalue weighted by Gasteiger charge is -2.33. The standard InChI is InChI=1S/C23H29N3O2S/c1-19-22(21-12-6-3-7-13-21)23(19)24-29(27,28)26-17-15-25(16-18-26)14-8-11-20-9-4-2-5-10-20/h2-13,19,22-24H,14-18H2,1H3/b11-8+/t19-,22-,23+/m1/s1. The van der Waals surface area contributed by atoms with Gasteiger partial charge in [-0.1, -0.05) is 79.7 Å². The van der Waals surface area contributed by atoms with E-state index in [1.54, 1.807) is 4.31 Å². The van der Waals surface area contributed by atoms with Crippen molar-refractivity contribution in [2.75, 3.05) is 32.7 Å². The second kappa shape index (κ2) is 8.79. The van der Waals surface area contributed by atoms with E-state index in [4.69, 9.17) is 0 Å². The van der Waals surface area contributed by atoms with Gasteiger partial charge < -0.3 is 0 Å². The summed E-state index contributed by atoms with van der Waals surface area (Å²) in [7, 11) is -3.44. The van der Waals surface area contributed by atoms with Crippen molar-refractivity contribution in [2.45, 2.75) is 18.9 Å². The molecule has 2 aromatic carbocycles. The van der Waals surface area contributed by atoms with Gasteiger partial charge in [-0.25, -0.2) is 0 Å². The van der Waals surface area contributed by atoms with Crippen LogP contribution in [0.2, 0.25) is 0 Å². The van der Waals surface area contributed by atoms with Gasteiger partial charge in [0, 0.05) is 44.7 Å². The molecule has 0 aromatic heterocycles. The van der Waals surface area contributed by atoms with Crippen LogP contribution >= 0.6 is 0 Å². The van der Waals surface area contributed by atoms with E-state index >= 15 is 0 Å². The van der Waals surface area contributed by atoms with Gasteiger partial charge in [0.05, 0.1) is 0 Å². The first-order valence-electron chi connectivity index (χ1n) is 10.3. The number of nitrogens with one attached hydrogen (secondary N) is 1. The summed E-state index contributed by atoms with van der Waals surface area (Å²) in [6.45, 7) is 5.52. The maximum absolute atomic E-state index is 12.8. The molecule has 2 aromatic rings. The molecule has 154 valence electrons. The fraction of sp³-hybridized carbons (Fsp3) is 0.391. The first-order chi connectivity index (χ1) is 14.0. The minimum absolute atomic E-state index is 0.00534. The summed E-state index contributed by atoms with van der Waals surface area (Å²) in [5, 5.41) is 0. The maximum Gasteiger partial charge on any atom is 0.279 e. The minimum atomic E-state index is -3.44. The Morgan fingerprint density at radius 1 is 0.966 bits per heavy atom. The van der Waals surface area contributed by atoms with Crippen molar-refractivity contribution in [3.05, 3.63) is 77.9 Å². The summed E-state index contributed by atoms with van der Waals surface area (Å²) in [5.74, 6) is 0.604. The van der Waals surface area contributed by atoms with Crippen molar-refractivity contribution in [1.29, 1.82) is 0 Å². The van der Waals surface area contributed by atoms with Crippen LogP contribution < -0.4 is 4.72 Å². The molecule has 1 N–H and O–H groups in total. The Morgan fingerprint density at radius 2 is 1.59 bits per heavy atom. The number of benzene rings is 2. The SMILES string of the molecule is C[C@H]1[C@H](NS(=O)(=O)N2CCN(C/C=C/c3ccccc3)CC2)[C@H]1c1ccccc1. The monoisotopic (exact) mass is 411 g/mol. The first kappa shape index (κ1) is 20.3. The normalized spacial score (nSPS) is 26.0. The molecule has 0 radical (unpaired) electrons. The predicted octanol–water partition coefficient (Wildman–Crippen LogP) is 2.95. The van der Waals surface area contributed by atoms with Gasteiger partial charge in [0.1, 0.15) is 0 Å². The molecule has 0 unspecified atom stereocenters. The quantitative estimate of drug-likeness (QED) is 0.762. The smallest absolute Gasteiger partial charge is 0.279 e. The molecule has 2 aliphatic rings. The lowest BCUT2D eigenvalue weighted by atomic mass is 10.1. The second-order valence-corrected chi connectivity index (χ2v) is 9.66. The second-order valence-electron chi connectivity index (χ2n) is 7.96. The van der Waals surface area contributed by atoms with E-state index in [-0.39, 0.29) is 12.0 Å². The highest BCUT2D eigenvalue weighted by molar-refractivity contribution is 7.87. The third kappa shape index (κ3) is 4.95. The summed E-state index contributed by atoms with van der Waals surface area (Å²) >= 11 is 0. The number of rotatable bonds is 7. The molecule has 5 nitrogen and oxygen atoms in total. The largest absolute Gasteiger partial charge is 0.297 e. The van der Waals surface area contributed by atoms with Crippen LogP contribution in [0.4, 0.5) is 0 Å². The van der Waals surface area contributed by atoms with E-state index in [0.29, 0.717) is 19.0 Å². The zero-order valence-electron chi connectivity index (χ0n) is 16.8. The van der Waals surface area contributed by atoms with E-state index in [9.17, 15) is 8.42 Å². The van der Waals surface area contributed by atoms with Crippen molar-refractivity contribution in [1.82, 2.24) is 13.9 Å². The van der Waals surface area contributed by atoms with Gasteiger partial charge in [-0.2, -0.15) is 17.4 Å². The molecule has 3 atom stereocenters. The highest BCUT2D eigenvalue weighted by Gasteiger charge is 2.50. The third-order valence-corrected chi connectivity index (χ3v) is 7.61. The van der Waals surface area contributed by atoms with Crippen molar-refractivity contribution >= 4 is 16.3 Å². The van der Waals surface area contributed by atoms with Gasteiger partial charge in [0.2, 0.25) is 0 Å². The Balaban J connectivity index is 1.26. The van der Waals surface area contributed by atoms with Crippen molar-refractivity contribution in [3.63, 3.8) is 0 Å². The van der Waals surface area contributed by atoms with Gasteiger partial charge in [-0.15, -0.1) is 0 Å². The number of hydrogen-bond donors (Lipinski definition) is 1. The highest BCUT2D eigenvalue weighted by atomic mass is 32.2. The number of hydrogen-bond acceptors (Lipinski definition) is 3. The zero-order chi connectivity index (χ0) is 20.3. The van der Waals surface area contributed by atoms with Gasteiger partial charge in [-0.3, -0.25) is 4.90 Å². The van der Waals surface area contributed by atoms with Crippen LogP contribution in [0.25, 0.3) is 6.08 Å². The summed E-state index contributed by atoms with van der Waals surface area (Å²) in [4.78, 5) is 2.29.